The molecule has 1 aromatic heterocycles. The van der Waals surface area contributed by atoms with Gasteiger partial charge in [0.1, 0.15) is 23.5 Å². The number of para-hydroxylation sites is 1. The van der Waals surface area contributed by atoms with Gasteiger partial charge in [-0.3, -0.25) is 23.7 Å². The van der Waals surface area contributed by atoms with E-state index >= 15 is 0 Å². The normalized spacial score (nSPS) is 24.9. The molecule has 38 heavy (non-hydrogen) atoms. The van der Waals surface area contributed by atoms with Crippen LogP contribution in [0.5, 0.6) is 5.75 Å². The van der Waals surface area contributed by atoms with Gasteiger partial charge in [0, 0.05) is 12.3 Å². The van der Waals surface area contributed by atoms with Crippen molar-refractivity contribution in [2.75, 3.05) is 6.61 Å². The topological polar surface area (TPSA) is 178 Å². The Morgan fingerprint density at radius 2 is 1.97 bits per heavy atom. The molecule has 0 bridgehead atoms. The number of hydrogen-bond acceptors (Lipinski definition) is 10. The van der Waals surface area contributed by atoms with E-state index in [9.17, 15) is 29.2 Å². The van der Waals surface area contributed by atoms with Crippen LogP contribution in [0.4, 0.5) is 0 Å². The third-order valence-electron chi connectivity index (χ3n) is 5.47. The first-order valence-electron chi connectivity index (χ1n) is 11.6. The molecule has 0 amide bonds. The van der Waals surface area contributed by atoms with E-state index in [0.29, 0.717) is 0 Å². The lowest BCUT2D eigenvalue weighted by Gasteiger charge is -2.30. The minimum atomic E-state index is -4.39. The molecule has 0 spiro atoms. The van der Waals surface area contributed by atoms with E-state index in [-0.39, 0.29) is 5.75 Å². The van der Waals surface area contributed by atoms with E-state index in [1.54, 1.807) is 32.0 Å². The fourth-order valence-electron chi connectivity index (χ4n) is 3.57. The third-order valence-corrected chi connectivity index (χ3v) is 7.24. The van der Waals surface area contributed by atoms with Crippen molar-refractivity contribution < 1.29 is 38.1 Å². The van der Waals surface area contributed by atoms with Crippen molar-refractivity contribution in [2.24, 2.45) is 0 Å². The van der Waals surface area contributed by atoms with Gasteiger partial charge in [-0.05, 0) is 39.8 Å². The molecular weight excluding hydrogens is 521 g/mol. The van der Waals surface area contributed by atoms with Crippen molar-refractivity contribution in [3.8, 4) is 18.1 Å². The highest BCUT2D eigenvalue weighted by Gasteiger charge is 2.56. The Morgan fingerprint density at radius 1 is 1.32 bits per heavy atom. The van der Waals surface area contributed by atoms with Crippen LogP contribution in [0, 0.1) is 12.3 Å². The van der Waals surface area contributed by atoms with Crippen LogP contribution in [0.2, 0.25) is 0 Å². The summed E-state index contributed by atoms with van der Waals surface area (Å²) in [6.07, 6.45) is 1.19. The van der Waals surface area contributed by atoms with E-state index in [4.69, 9.17) is 24.9 Å². The molecule has 2 aromatic rings. The van der Waals surface area contributed by atoms with Gasteiger partial charge in [0.05, 0.1) is 12.7 Å². The Labute approximate surface area is 218 Å². The number of nitrogens with zero attached hydrogens (tertiary/aromatic N) is 1. The molecule has 1 saturated heterocycles. The number of aliphatic hydroxyl groups is 2. The summed E-state index contributed by atoms with van der Waals surface area (Å²) in [5, 5.41) is 24.3. The standard InChI is InChI=1S/C24H30N3O10P/c1-6-24(32)19(29)17(36-20(24)27-13-12-18(28)25-22(27)31)14-34-38(33,37-16-10-8-7-9-11-16)26-23(4,5)21(30)35-15(2)3/h1,7-13,15,17,19-20,29,32H,14H2,2-5H3,(H,26,33)(H,25,28,31)/t17?,19-,20-,24-,38?/m1/s1. The molecule has 206 valence electrons. The van der Waals surface area contributed by atoms with E-state index in [1.807, 2.05) is 10.9 Å². The van der Waals surface area contributed by atoms with E-state index in [2.05, 4.69) is 5.09 Å². The summed E-state index contributed by atoms with van der Waals surface area (Å²) in [7, 11) is -4.39. The van der Waals surface area contributed by atoms with Gasteiger partial charge >= 0.3 is 19.4 Å². The number of terminal acetylenes is 1. The van der Waals surface area contributed by atoms with Crippen molar-refractivity contribution in [3.63, 3.8) is 0 Å². The lowest BCUT2D eigenvalue weighted by molar-refractivity contribution is -0.153. The van der Waals surface area contributed by atoms with Gasteiger partial charge < -0.3 is 24.2 Å². The molecule has 14 heteroatoms. The number of hydrogen-bond donors (Lipinski definition) is 4. The number of carbonyl (C=O) groups is 1. The lowest BCUT2D eigenvalue weighted by Crippen LogP contribution is -2.49. The monoisotopic (exact) mass is 551 g/mol. The van der Waals surface area contributed by atoms with Crippen molar-refractivity contribution in [1.29, 1.82) is 0 Å². The van der Waals surface area contributed by atoms with Gasteiger partial charge in [0.2, 0.25) is 0 Å². The van der Waals surface area contributed by atoms with Gasteiger partial charge in [-0.2, -0.15) is 5.09 Å². The van der Waals surface area contributed by atoms with Gasteiger partial charge in [-0.1, -0.05) is 24.1 Å². The number of nitrogens with one attached hydrogen (secondary N) is 2. The summed E-state index contributed by atoms with van der Waals surface area (Å²) in [6, 6.07) is 8.98. The van der Waals surface area contributed by atoms with Gasteiger partial charge in [0.25, 0.3) is 5.56 Å². The van der Waals surface area contributed by atoms with Crippen LogP contribution in [0.3, 0.4) is 0 Å². The van der Waals surface area contributed by atoms with Crippen molar-refractivity contribution >= 4 is 13.7 Å². The number of carbonyl (C=O) groups excluding carboxylic acids is 1. The average Bonchev–Trinajstić information content (AvgIpc) is 3.08. The summed E-state index contributed by atoms with van der Waals surface area (Å²) in [4.78, 5) is 38.3. The number of aromatic amines is 1. The molecule has 13 nitrogen and oxygen atoms in total. The number of ether oxygens (including phenoxy) is 2. The molecule has 1 aliphatic rings. The Hall–Kier alpha value is -3.24. The lowest BCUT2D eigenvalue weighted by atomic mass is 9.95. The average molecular weight is 551 g/mol. The fourth-order valence-corrected chi connectivity index (χ4v) is 5.25. The Kier molecular flexibility index (Phi) is 8.68. The predicted octanol–water partition coefficient (Wildman–Crippen LogP) is 0.683. The van der Waals surface area contributed by atoms with Gasteiger partial charge in [-0.25, -0.2) is 9.36 Å². The number of aromatic nitrogens is 2. The van der Waals surface area contributed by atoms with Crippen LogP contribution in [-0.4, -0.2) is 61.8 Å². The van der Waals surface area contributed by atoms with E-state index in [1.165, 1.54) is 26.0 Å². The van der Waals surface area contributed by atoms with Gasteiger partial charge in [0.15, 0.2) is 11.8 Å². The van der Waals surface area contributed by atoms with Crippen LogP contribution < -0.4 is 20.9 Å². The zero-order valence-corrected chi connectivity index (χ0v) is 22.1. The molecule has 1 aliphatic heterocycles. The molecule has 0 saturated carbocycles. The van der Waals surface area contributed by atoms with Crippen molar-refractivity contribution in [1.82, 2.24) is 14.6 Å². The Balaban J connectivity index is 1.87. The van der Waals surface area contributed by atoms with E-state index < -0.39 is 67.3 Å². The first-order valence-corrected chi connectivity index (χ1v) is 13.1. The van der Waals surface area contributed by atoms with E-state index in [0.717, 1.165) is 16.8 Å². The quantitative estimate of drug-likeness (QED) is 0.185. The molecule has 1 fully saturated rings. The van der Waals surface area contributed by atoms with Crippen molar-refractivity contribution in [2.45, 2.75) is 63.4 Å². The second-order valence-electron chi connectivity index (χ2n) is 9.35. The minimum absolute atomic E-state index is 0.141. The third kappa shape index (κ3) is 6.42. The molecular formula is C24H30N3O10P. The molecule has 0 radical (unpaired) electrons. The second kappa shape index (κ2) is 11.2. The molecule has 2 unspecified atom stereocenters. The Morgan fingerprint density at radius 3 is 2.55 bits per heavy atom. The summed E-state index contributed by atoms with van der Waals surface area (Å²) in [5.41, 5.74) is -5.61. The number of H-pyrrole nitrogens is 1. The van der Waals surface area contributed by atoms with Crippen molar-refractivity contribution in [3.05, 3.63) is 63.4 Å². The summed E-state index contributed by atoms with van der Waals surface area (Å²) >= 11 is 0. The van der Waals surface area contributed by atoms with Crippen LogP contribution in [0.25, 0.3) is 0 Å². The summed E-state index contributed by atoms with van der Waals surface area (Å²) in [5.74, 6) is 1.42. The molecule has 5 atom stereocenters. The minimum Gasteiger partial charge on any atom is -0.462 e. The Bertz CT molecular complexity index is 1350. The van der Waals surface area contributed by atoms with Crippen LogP contribution in [0.15, 0.2) is 52.2 Å². The number of aliphatic hydroxyl groups excluding tert-OH is 1. The van der Waals surface area contributed by atoms with Crippen LogP contribution in [0.1, 0.15) is 33.9 Å². The maximum absolute atomic E-state index is 13.8. The van der Waals surface area contributed by atoms with Gasteiger partial charge in [-0.15, -0.1) is 6.42 Å². The molecule has 2 heterocycles. The number of rotatable bonds is 10. The highest BCUT2D eigenvalue weighted by molar-refractivity contribution is 7.52. The van der Waals surface area contributed by atoms with Crippen LogP contribution in [-0.2, 0) is 23.4 Å². The maximum Gasteiger partial charge on any atom is 0.459 e. The zero-order chi connectivity index (χ0) is 28.3. The summed E-state index contributed by atoms with van der Waals surface area (Å²) in [6.45, 7) is 5.48. The number of benzene rings is 1. The molecule has 0 aliphatic carbocycles. The SMILES string of the molecule is C#C[C@@]1(O)[C@H](O)C(COP(=O)(NC(C)(C)C(=O)OC(C)C)Oc2ccccc2)O[C@H]1n1ccc(=O)[nH]c1=O. The predicted molar refractivity (Wildman–Crippen MR) is 134 cm³/mol. The van der Waals surface area contributed by atoms with Crippen LogP contribution >= 0.6 is 7.75 Å². The highest BCUT2D eigenvalue weighted by Crippen LogP contribution is 2.48. The zero-order valence-electron chi connectivity index (χ0n) is 21.2. The summed E-state index contributed by atoms with van der Waals surface area (Å²) < 4.78 is 36.6. The molecule has 1 aromatic carbocycles. The molecule has 3 rings (SSSR count). The maximum atomic E-state index is 13.8. The highest BCUT2D eigenvalue weighted by atomic mass is 31.2. The smallest absolute Gasteiger partial charge is 0.459 e. The number of esters is 1. The second-order valence-corrected chi connectivity index (χ2v) is 11.0. The largest absolute Gasteiger partial charge is 0.462 e. The molecule has 4 N–H and O–H groups in total. The fraction of sp³-hybridized carbons (Fsp3) is 0.458. The first kappa shape index (κ1) is 29.3. The first-order chi connectivity index (χ1) is 17.7.